The van der Waals surface area contributed by atoms with Gasteiger partial charge in [-0.1, -0.05) is 0 Å². The van der Waals surface area contributed by atoms with Crippen LogP contribution < -0.4 is 0 Å². The minimum atomic E-state index is -0.280. The highest BCUT2D eigenvalue weighted by Crippen LogP contribution is 2.41. The first-order chi connectivity index (χ1) is 11.7. The number of nitrogens with zero attached hydrogens (tertiary/aromatic N) is 3. The molecule has 1 aromatic rings. The van der Waals surface area contributed by atoms with Crippen LogP contribution in [0.3, 0.4) is 0 Å². The molecule has 2 saturated heterocycles. The number of carbonyl (C=O) groups is 2. The van der Waals surface area contributed by atoms with Crippen LogP contribution in [0.2, 0.25) is 0 Å². The third kappa shape index (κ3) is 3.29. The molecular weight excluding hydrogens is 306 g/mol. The molecule has 3 heterocycles. The Kier molecular flexibility index (Phi) is 5.14. The average molecular weight is 331 g/mol. The molecule has 1 atom stereocenters. The number of hydrogen-bond acceptors (Lipinski definition) is 4. The minimum absolute atomic E-state index is 0.0156. The van der Waals surface area contributed by atoms with Gasteiger partial charge in [-0.05, 0) is 37.8 Å². The molecule has 2 aliphatic heterocycles. The van der Waals surface area contributed by atoms with E-state index < -0.39 is 0 Å². The van der Waals surface area contributed by atoms with Crippen molar-refractivity contribution in [1.82, 2.24) is 14.8 Å². The van der Waals surface area contributed by atoms with Crippen LogP contribution in [0.25, 0.3) is 0 Å². The topological polar surface area (TPSA) is 62.7 Å². The van der Waals surface area contributed by atoms with Crippen LogP contribution >= 0.6 is 0 Å². The van der Waals surface area contributed by atoms with Crippen molar-refractivity contribution in [2.24, 2.45) is 5.41 Å². The van der Waals surface area contributed by atoms with Crippen LogP contribution in [0.15, 0.2) is 24.5 Å². The maximum atomic E-state index is 12.8. The Labute approximate surface area is 142 Å². The normalized spacial score (nSPS) is 24.5. The van der Waals surface area contributed by atoms with Gasteiger partial charge in [0.05, 0.1) is 17.6 Å². The lowest BCUT2D eigenvalue weighted by molar-refractivity contribution is -0.137. The summed E-state index contributed by atoms with van der Waals surface area (Å²) in [6.45, 7) is 3.39. The highest BCUT2D eigenvalue weighted by Gasteiger charge is 2.46. The molecule has 2 amide bonds. The zero-order valence-electron chi connectivity index (χ0n) is 14.2. The monoisotopic (exact) mass is 331 g/mol. The number of aromatic nitrogens is 1. The van der Waals surface area contributed by atoms with Crippen molar-refractivity contribution in [2.45, 2.75) is 25.7 Å². The fourth-order valence-corrected chi connectivity index (χ4v) is 3.84. The van der Waals surface area contributed by atoms with Crippen molar-refractivity contribution in [3.05, 3.63) is 30.1 Å². The van der Waals surface area contributed by atoms with Crippen molar-refractivity contribution in [1.29, 1.82) is 0 Å². The lowest BCUT2D eigenvalue weighted by Crippen LogP contribution is -2.37. The molecule has 130 valence electrons. The van der Waals surface area contributed by atoms with Gasteiger partial charge in [0.15, 0.2) is 0 Å². The van der Waals surface area contributed by atoms with Gasteiger partial charge in [-0.25, -0.2) is 0 Å². The summed E-state index contributed by atoms with van der Waals surface area (Å²) < 4.78 is 5.10. The maximum absolute atomic E-state index is 12.8. The highest BCUT2D eigenvalue weighted by atomic mass is 16.5. The number of carbonyl (C=O) groups excluding carboxylic acids is 2. The third-order valence-corrected chi connectivity index (χ3v) is 5.31. The van der Waals surface area contributed by atoms with Gasteiger partial charge in [0.2, 0.25) is 5.91 Å². The van der Waals surface area contributed by atoms with E-state index in [2.05, 4.69) is 4.98 Å². The summed E-state index contributed by atoms with van der Waals surface area (Å²) in [6.07, 6.45) is 6.66. The summed E-state index contributed by atoms with van der Waals surface area (Å²) in [5.74, 6) is 0.261. The van der Waals surface area contributed by atoms with Gasteiger partial charge in [-0.2, -0.15) is 0 Å². The zero-order chi connectivity index (χ0) is 17.0. The predicted octanol–water partition coefficient (Wildman–Crippen LogP) is 1.57. The van der Waals surface area contributed by atoms with E-state index in [0.717, 1.165) is 32.2 Å². The molecule has 0 N–H and O–H groups in total. The molecule has 0 aliphatic carbocycles. The minimum Gasteiger partial charge on any atom is -0.383 e. The van der Waals surface area contributed by atoms with Crippen LogP contribution in [0.5, 0.6) is 0 Å². The Morgan fingerprint density at radius 3 is 2.88 bits per heavy atom. The van der Waals surface area contributed by atoms with E-state index in [4.69, 9.17) is 4.74 Å². The maximum Gasteiger partial charge on any atom is 0.255 e. The first kappa shape index (κ1) is 16.9. The third-order valence-electron chi connectivity index (χ3n) is 5.31. The van der Waals surface area contributed by atoms with E-state index in [9.17, 15) is 9.59 Å². The number of rotatable bonds is 4. The van der Waals surface area contributed by atoms with Crippen LogP contribution in [0.1, 0.15) is 36.0 Å². The molecule has 0 radical (unpaired) electrons. The molecular formula is C18H25N3O3. The summed E-state index contributed by atoms with van der Waals surface area (Å²) in [5, 5.41) is 0. The Balaban J connectivity index is 1.65. The number of ether oxygens (including phenoxy) is 1. The summed E-state index contributed by atoms with van der Waals surface area (Å²) in [5.41, 5.74) is 0.338. The number of pyridine rings is 1. The van der Waals surface area contributed by atoms with E-state index >= 15 is 0 Å². The lowest BCUT2D eigenvalue weighted by Gasteiger charge is -2.26. The van der Waals surface area contributed by atoms with Crippen LogP contribution in [0, 0.1) is 5.41 Å². The quantitative estimate of drug-likeness (QED) is 0.840. The Morgan fingerprint density at radius 1 is 1.29 bits per heavy atom. The number of methoxy groups -OCH3 is 1. The molecule has 1 spiro atoms. The second-order valence-corrected chi connectivity index (χ2v) is 6.70. The van der Waals surface area contributed by atoms with Crippen molar-refractivity contribution in [3.63, 3.8) is 0 Å². The van der Waals surface area contributed by atoms with E-state index in [1.807, 2.05) is 9.80 Å². The number of likely N-dealkylation sites (tertiary alicyclic amines) is 2. The summed E-state index contributed by atoms with van der Waals surface area (Å²) in [4.78, 5) is 33.3. The van der Waals surface area contributed by atoms with Gasteiger partial charge in [-0.15, -0.1) is 0 Å². The fraction of sp³-hybridized carbons (Fsp3) is 0.611. The molecule has 0 bridgehead atoms. The summed E-state index contributed by atoms with van der Waals surface area (Å²) >= 11 is 0. The molecule has 6 nitrogen and oxygen atoms in total. The van der Waals surface area contributed by atoms with Crippen molar-refractivity contribution in [3.8, 4) is 0 Å². The van der Waals surface area contributed by atoms with Gasteiger partial charge in [0.25, 0.3) is 5.91 Å². The second kappa shape index (κ2) is 7.30. The molecule has 24 heavy (non-hydrogen) atoms. The summed E-state index contributed by atoms with van der Waals surface area (Å²) in [6, 6.07) is 3.57. The van der Waals surface area contributed by atoms with Gasteiger partial charge < -0.3 is 14.5 Å². The van der Waals surface area contributed by atoms with E-state index in [0.29, 0.717) is 31.8 Å². The smallest absolute Gasteiger partial charge is 0.255 e. The molecule has 6 heteroatoms. The second-order valence-electron chi connectivity index (χ2n) is 6.70. The largest absolute Gasteiger partial charge is 0.383 e. The number of hydrogen-bond donors (Lipinski definition) is 0. The first-order valence-electron chi connectivity index (χ1n) is 8.64. The molecule has 3 rings (SSSR count). The van der Waals surface area contributed by atoms with E-state index in [1.54, 1.807) is 31.6 Å². The van der Waals surface area contributed by atoms with Crippen molar-refractivity contribution < 1.29 is 14.3 Å². The van der Waals surface area contributed by atoms with Crippen LogP contribution in [-0.4, -0.2) is 66.5 Å². The Bertz CT molecular complexity index is 592. The van der Waals surface area contributed by atoms with Crippen LogP contribution in [0.4, 0.5) is 0 Å². The van der Waals surface area contributed by atoms with Crippen molar-refractivity contribution >= 4 is 11.8 Å². The first-order valence-corrected chi connectivity index (χ1v) is 8.64. The van der Waals surface area contributed by atoms with Gasteiger partial charge in [-0.3, -0.25) is 14.6 Å². The number of amides is 2. The average Bonchev–Trinajstić information content (AvgIpc) is 2.79. The van der Waals surface area contributed by atoms with Crippen LogP contribution in [-0.2, 0) is 9.53 Å². The SMILES string of the molecule is COCCN1CC[C@@]2(CCCN(C(=O)c3cccnc3)CC2)C1=O. The highest BCUT2D eigenvalue weighted by molar-refractivity contribution is 5.94. The molecule has 2 aliphatic rings. The van der Waals surface area contributed by atoms with E-state index in [-0.39, 0.29) is 17.2 Å². The zero-order valence-corrected chi connectivity index (χ0v) is 14.2. The van der Waals surface area contributed by atoms with Gasteiger partial charge >= 0.3 is 0 Å². The molecule has 2 fully saturated rings. The Morgan fingerprint density at radius 2 is 2.12 bits per heavy atom. The lowest BCUT2D eigenvalue weighted by atomic mass is 9.79. The van der Waals surface area contributed by atoms with Gasteiger partial charge in [0.1, 0.15) is 0 Å². The fourth-order valence-electron chi connectivity index (χ4n) is 3.84. The molecule has 1 aromatic heterocycles. The predicted molar refractivity (Wildman–Crippen MR) is 89.5 cm³/mol. The molecule has 0 saturated carbocycles. The summed E-state index contributed by atoms with van der Waals surface area (Å²) in [7, 11) is 1.66. The standard InChI is InChI=1S/C18H25N3O3/c1-24-13-12-21-11-7-18(17(21)23)5-3-9-20(10-6-18)16(22)15-4-2-8-19-14-15/h2,4,8,14H,3,5-7,9-13H2,1H3/t18-/m0/s1. The van der Waals surface area contributed by atoms with Crippen molar-refractivity contribution in [2.75, 3.05) is 39.9 Å². The molecule has 0 aromatic carbocycles. The molecule has 0 unspecified atom stereocenters. The van der Waals surface area contributed by atoms with E-state index in [1.165, 1.54) is 0 Å². The Hall–Kier alpha value is -1.95. The van der Waals surface area contributed by atoms with Gasteiger partial charge in [0, 0.05) is 45.7 Å².